The van der Waals surface area contributed by atoms with Crippen molar-refractivity contribution in [2.75, 3.05) is 0 Å². The molecule has 0 amide bonds. The smallest absolute Gasteiger partial charge is 0.0244 e. The molecule has 0 nitrogen and oxygen atoms in total. The SMILES string of the molecule is CC(C)(C)C1CCCC[C@]1(C)C(C)(C)C. The molecule has 15 heavy (non-hydrogen) atoms. The van der Waals surface area contributed by atoms with Crippen LogP contribution < -0.4 is 0 Å². The van der Waals surface area contributed by atoms with Crippen molar-refractivity contribution in [1.29, 1.82) is 0 Å². The maximum Gasteiger partial charge on any atom is -0.0244 e. The van der Waals surface area contributed by atoms with Gasteiger partial charge in [-0.15, -0.1) is 0 Å². The van der Waals surface area contributed by atoms with E-state index in [9.17, 15) is 0 Å². The Kier molecular flexibility index (Phi) is 3.30. The lowest BCUT2D eigenvalue weighted by atomic mass is 9.50. The van der Waals surface area contributed by atoms with E-state index >= 15 is 0 Å². The van der Waals surface area contributed by atoms with Crippen LogP contribution in [-0.4, -0.2) is 0 Å². The average Bonchev–Trinajstić information content (AvgIpc) is 2.00. The molecule has 0 bridgehead atoms. The highest BCUT2D eigenvalue weighted by molar-refractivity contribution is 4.98. The van der Waals surface area contributed by atoms with Gasteiger partial charge in [0.2, 0.25) is 0 Å². The highest BCUT2D eigenvalue weighted by atomic mass is 14.5. The van der Waals surface area contributed by atoms with Crippen LogP contribution in [0, 0.1) is 22.2 Å². The Morgan fingerprint density at radius 3 is 1.80 bits per heavy atom. The maximum absolute atomic E-state index is 2.53. The molecule has 0 heteroatoms. The standard InChI is InChI=1S/C15H30/c1-13(2,3)12-10-8-9-11-15(12,7)14(4,5)6/h12H,8-11H2,1-7H3/t12?,15-/m0/s1. The summed E-state index contributed by atoms with van der Waals surface area (Å²) in [6.07, 6.45) is 5.71. The van der Waals surface area contributed by atoms with Crippen molar-refractivity contribution in [3.8, 4) is 0 Å². The summed E-state index contributed by atoms with van der Waals surface area (Å²) < 4.78 is 0. The van der Waals surface area contributed by atoms with Crippen molar-refractivity contribution in [3.05, 3.63) is 0 Å². The minimum Gasteiger partial charge on any atom is -0.0599 e. The van der Waals surface area contributed by atoms with Gasteiger partial charge in [-0.3, -0.25) is 0 Å². The first kappa shape index (κ1) is 13.1. The van der Waals surface area contributed by atoms with Gasteiger partial charge in [0.25, 0.3) is 0 Å². The molecule has 0 aliphatic heterocycles. The van der Waals surface area contributed by atoms with Gasteiger partial charge in [0, 0.05) is 0 Å². The summed E-state index contributed by atoms with van der Waals surface area (Å²) in [6.45, 7) is 17.1. The van der Waals surface area contributed by atoms with Crippen molar-refractivity contribution >= 4 is 0 Å². The average molecular weight is 210 g/mol. The van der Waals surface area contributed by atoms with E-state index < -0.39 is 0 Å². The van der Waals surface area contributed by atoms with Gasteiger partial charge in [-0.25, -0.2) is 0 Å². The second kappa shape index (κ2) is 3.79. The Hall–Kier alpha value is 0. The number of rotatable bonds is 0. The van der Waals surface area contributed by atoms with Crippen LogP contribution in [-0.2, 0) is 0 Å². The van der Waals surface area contributed by atoms with Gasteiger partial charge in [0.05, 0.1) is 0 Å². The molecular weight excluding hydrogens is 180 g/mol. The molecule has 0 aromatic heterocycles. The van der Waals surface area contributed by atoms with Gasteiger partial charge in [0.15, 0.2) is 0 Å². The highest BCUT2D eigenvalue weighted by Gasteiger charge is 2.49. The Labute approximate surface area is 96.8 Å². The topological polar surface area (TPSA) is 0 Å². The Morgan fingerprint density at radius 2 is 1.47 bits per heavy atom. The van der Waals surface area contributed by atoms with Crippen LogP contribution in [0.5, 0.6) is 0 Å². The molecular formula is C15H30. The van der Waals surface area contributed by atoms with Gasteiger partial charge in [-0.05, 0) is 35.0 Å². The molecule has 1 saturated carbocycles. The van der Waals surface area contributed by atoms with Gasteiger partial charge in [-0.1, -0.05) is 61.3 Å². The summed E-state index contributed by atoms with van der Waals surface area (Å²) in [5.41, 5.74) is 1.41. The van der Waals surface area contributed by atoms with Crippen LogP contribution in [0.3, 0.4) is 0 Å². The van der Waals surface area contributed by atoms with E-state index in [0.29, 0.717) is 16.2 Å². The van der Waals surface area contributed by atoms with Crippen LogP contribution in [0.1, 0.15) is 74.1 Å². The zero-order chi connectivity index (χ0) is 11.9. The number of hydrogen-bond donors (Lipinski definition) is 0. The third-order valence-electron chi connectivity index (χ3n) is 4.97. The minimum atomic E-state index is 0.436. The number of hydrogen-bond acceptors (Lipinski definition) is 0. The van der Waals surface area contributed by atoms with Gasteiger partial charge >= 0.3 is 0 Å². The van der Waals surface area contributed by atoms with Crippen LogP contribution in [0.4, 0.5) is 0 Å². The van der Waals surface area contributed by atoms with Gasteiger partial charge in [0.1, 0.15) is 0 Å². The summed E-state index contributed by atoms with van der Waals surface area (Å²) in [4.78, 5) is 0. The minimum absolute atomic E-state index is 0.436. The zero-order valence-corrected chi connectivity index (χ0v) is 11.9. The second-order valence-corrected chi connectivity index (χ2v) is 7.83. The van der Waals surface area contributed by atoms with E-state index in [1.807, 2.05) is 0 Å². The van der Waals surface area contributed by atoms with Crippen molar-refractivity contribution in [2.24, 2.45) is 22.2 Å². The molecule has 1 fully saturated rings. The van der Waals surface area contributed by atoms with Crippen molar-refractivity contribution in [2.45, 2.75) is 74.1 Å². The molecule has 2 atom stereocenters. The second-order valence-electron chi connectivity index (χ2n) is 7.83. The van der Waals surface area contributed by atoms with Crippen LogP contribution in [0.2, 0.25) is 0 Å². The molecule has 1 unspecified atom stereocenters. The van der Waals surface area contributed by atoms with E-state index in [2.05, 4.69) is 48.5 Å². The monoisotopic (exact) mass is 210 g/mol. The van der Waals surface area contributed by atoms with E-state index in [0.717, 1.165) is 5.92 Å². The van der Waals surface area contributed by atoms with Crippen LogP contribution in [0.15, 0.2) is 0 Å². The van der Waals surface area contributed by atoms with Crippen molar-refractivity contribution < 1.29 is 0 Å². The largest absolute Gasteiger partial charge is 0.0599 e. The van der Waals surface area contributed by atoms with Gasteiger partial charge in [-0.2, -0.15) is 0 Å². The summed E-state index contributed by atoms with van der Waals surface area (Å²) in [5, 5.41) is 0. The van der Waals surface area contributed by atoms with Gasteiger partial charge < -0.3 is 0 Å². The molecule has 0 aromatic carbocycles. The first-order valence-electron chi connectivity index (χ1n) is 6.59. The van der Waals surface area contributed by atoms with E-state index in [-0.39, 0.29) is 0 Å². The lowest BCUT2D eigenvalue weighted by Crippen LogP contribution is -2.47. The lowest BCUT2D eigenvalue weighted by molar-refractivity contribution is -0.0569. The first-order chi connectivity index (χ1) is 6.59. The van der Waals surface area contributed by atoms with Crippen molar-refractivity contribution in [1.82, 2.24) is 0 Å². The molecule has 0 aromatic rings. The quantitative estimate of drug-likeness (QED) is 0.510. The van der Waals surface area contributed by atoms with Crippen LogP contribution in [0.25, 0.3) is 0 Å². The summed E-state index contributed by atoms with van der Waals surface area (Å²) >= 11 is 0. The zero-order valence-electron chi connectivity index (χ0n) is 11.9. The van der Waals surface area contributed by atoms with E-state index in [1.165, 1.54) is 25.7 Å². The van der Waals surface area contributed by atoms with Crippen LogP contribution >= 0.6 is 0 Å². The molecule has 1 aliphatic carbocycles. The Morgan fingerprint density at radius 1 is 0.933 bits per heavy atom. The van der Waals surface area contributed by atoms with Crippen molar-refractivity contribution in [3.63, 3.8) is 0 Å². The molecule has 1 aliphatic rings. The molecule has 1 rings (SSSR count). The lowest BCUT2D eigenvalue weighted by Gasteiger charge is -2.55. The predicted molar refractivity (Wildman–Crippen MR) is 69.0 cm³/mol. The first-order valence-corrected chi connectivity index (χ1v) is 6.59. The third kappa shape index (κ3) is 2.40. The summed E-state index contributed by atoms with van der Waals surface area (Å²) in [5.74, 6) is 0.874. The maximum atomic E-state index is 2.53. The predicted octanol–water partition coefficient (Wildman–Crippen LogP) is 5.28. The summed E-state index contributed by atoms with van der Waals surface area (Å²) in [6, 6.07) is 0. The molecule has 0 saturated heterocycles. The van der Waals surface area contributed by atoms with E-state index in [1.54, 1.807) is 0 Å². The third-order valence-corrected chi connectivity index (χ3v) is 4.97. The fraction of sp³-hybridized carbons (Fsp3) is 1.00. The Balaban J connectivity index is 3.02. The highest BCUT2D eigenvalue weighted by Crippen LogP contribution is 2.57. The molecule has 90 valence electrons. The molecule has 0 spiro atoms. The molecule has 0 heterocycles. The molecule has 0 radical (unpaired) electrons. The molecule has 0 N–H and O–H groups in total. The fourth-order valence-electron chi connectivity index (χ4n) is 3.62. The normalized spacial score (nSPS) is 34.2. The van der Waals surface area contributed by atoms with E-state index in [4.69, 9.17) is 0 Å². The fourth-order valence-corrected chi connectivity index (χ4v) is 3.62. The Bertz CT molecular complexity index is 213. The summed E-state index contributed by atoms with van der Waals surface area (Å²) in [7, 11) is 0.